The third kappa shape index (κ3) is 64.3. The van der Waals surface area contributed by atoms with Crippen molar-refractivity contribution in [1.82, 2.24) is 0 Å². The summed E-state index contributed by atoms with van der Waals surface area (Å²) in [6.07, 6.45) is 56.4. The molecule has 0 heterocycles. The van der Waals surface area contributed by atoms with Crippen LogP contribution in [0.1, 0.15) is 349 Å². The highest BCUT2D eigenvalue weighted by Crippen LogP contribution is 2.45. The summed E-state index contributed by atoms with van der Waals surface area (Å²) < 4.78 is 68.1. The Morgan fingerprint density at radius 2 is 0.533 bits per heavy atom. The van der Waals surface area contributed by atoms with Crippen LogP contribution < -0.4 is 0 Å². The molecule has 0 rings (SSSR count). The largest absolute Gasteiger partial charge is 0.472 e. The first-order valence-corrected chi connectivity index (χ1v) is 39.6. The molecule has 5 atom stereocenters. The van der Waals surface area contributed by atoms with Crippen LogP contribution in [0.15, 0.2) is 24.3 Å². The number of phosphoric acid groups is 2. The first kappa shape index (κ1) is 87.5. The number of unbranched alkanes of at least 4 members (excludes halogenated alkanes) is 41. The van der Waals surface area contributed by atoms with Crippen LogP contribution in [0.5, 0.6) is 0 Å². The van der Waals surface area contributed by atoms with E-state index in [1.54, 1.807) is 0 Å². The van der Waals surface area contributed by atoms with Crippen molar-refractivity contribution in [1.29, 1.82) is 0 Å². The van der Waals surface area contributed by atoms with Crippen molar-refractivity contribution in [2.24, 2.45) is 0 Å². The molecule has 0 aromatic heterocycles. The van der Waals surface area contributed by atoms with E-state index in [1.807, 2.05) is 0 Å². The van der Waals surface area contributed by atoms with Crippen LogP contribution in [-0.2, 0) is 65.4 Å². The fourth-order valence-corrected chi connectivity index (χ4v) is 11.9. The van der Waals surface area contributed by atoms with E-state index in [0.717, 1.165) is 116 Å². The zero-order valence-corrected chi connectivity index (χ0v) is 59.4. The molecule has 0 aliphatic rings. The molecule has 0 amide bonds. The first-order valence-electron chi connectivity index (χ1n) is 36.6. The number of hydrogen-bond donors (Lipinski definition) is 3. The van der Waals surface area contributed by atoms with Crippen LogP contribution in [0.3, 0.4) is 0 Å². The number of ether oxygens (including phenoxy) is 4. The number of carbonyl (C=O) groups is 4. The van der Waals surface area contributed by atoms with Crippen molar-refractivity contribution < 1.29 is 80.2 Å². The van der Waals surface area contributed by atoms with E-state index in [4.69, 9.17) is 37.0 Å². The Labute approximate surface area is 548 Å². The van der Waals surface area contributed by atoms with Gasteiger partial charge in [-0.3, -0.25) is 37.3 Å². The lowest BCUT2D eigenvalue weighted by molar-refractivity contribution is -0.161. The minimum absolute atomic E-state index is 0.102. The van der Waals surface area contributed by atoms with Gasteiger partial charge in [-0.25, -0.2) is 9.13 Å². The maximum atomic E-state index is 13.0. The van der Waals surface area contributed by atoms with Crippen LogP contribution in [-0.4, -0.2) is 96.7 Å². The average molecular weight is 1320 g/mol. The number of esters is 4. The molecule has 0 aromatic carbocycles. The number of aliphatic hydroxyl groups is 1. The van der Waals surface area contributed by atoms with E-state index in [9.17, 15) is 43.2 Å². The maximum Gasteiger partial charge on any atom is 0.472 e. The molecular weight excluding hydrogens is 1190 g/mol. The van der Waals surface area contributed by atoms with Gasteiger partial charge < -0.3 is 33.8 Å². The molecule has 0 saturated heterocycles. The van der Waals surface area contributed by atoms with Gasteiger partial charge in [-0.1, -0.05) is 296 Å². The van der Waals surface area contributed by atoms with Gasteiger partial charge in [0.1, 0.15) is 19.3 Å². The highest BCUT2D eigenvalue weighted by Gasteiger charge is 2.30. The monoisotopic (exact) mass is 1320 g/mol. The number of phosphoric ester groups is 2. The lowest BCUT2D eigenvalue weighted by Gasteiger charge is -2.21. The van der Waals surface area contributed by atoms with Gasteiger partial charge >= 0.3 is 39.5 Å². The second-order valence-electron chi connectivity index (χ2n) is 24.9. The standard InChI is InChI=1S/C71H134O17P2/c1-5-9-13-17-21-25-27-29-31-32-33-35-37-39-42-46-50-54-58-71(76)88-67(62-82-69(74)56-52-48-44-41-38-36-34-30-28-26-22-18-14-10-6-2)64-86-90(79,80)84-60-65(72)59-83-89(77,78)85-63-66(61-81-68(73)55-51-47-43-24-20-16-12-8-4)87-70(75)57-53-49-45-40-23-19-15-11-7-3/h26,28,30,34,65-67,72H,5-25,27,29,31-33,35-64H2,1-4H3,(H,77,78)(H,79,80)/b28-26-,34-30-/t65-,66+,67+/m0/s1. The molecule has 19 heteroatoms. The Kier molecular flexibility index (Phi) is 63.4. The van der Waals surface area contributed by atoms with Gasteiger partial charge in [-0.05, 0) is 51.4 Å². The Hall–Kier alpha value is -2.46. The quantitative estimate of drug-likeness (QED) is 0.0169. The van der Waals surface area contributed by atoms with Gasteiger partial charge in [0.15, 0.2) is 12.2 Å². The number of aliphatic hydroxyl groups excluding tert-OH is 1. The second-order valence-corrected chi connectivity index (χ2v) is 27.8. The van der Waals surface area contributed by atoms with E-state index in [0.29, 0.717) is 25.7 Å². The van der Waals surface area contributed by atoms with Crippen molar-refractivity contribution >= 4 is 39.5 Å². The third-order valence-electron chi connectivity index (χ3n) is 16.0. The number of rotatable bonds is 70. The average Bonchev–Trinajstić information content (AvgIpc) is 3.70. The smallest absolute Gasteiger partial charge is 0.462 e. The van der Waals surface area contributed by atoms with Crippen LogP contribution in [0.2, 0.25) is 0 Å². The minimum atomic E-state index is -4.96. The van der Waals surface area contributed by atoms with Crippen LogP contribution in [0.4, 0.5) is 0 Å². The highest BCUT2D eigenvalue weighted by atomic mass is 31.2. The zero-order valence-electron chi connectivity index (χ0n) is 57.6. The topological polar surface area (TPSA) is 237 Å². The molecule has 0 aliphatic heterocycles. The minimum Gasteiger partial charge on any atom is -0.462 e. The van der Waals surface area contributed by atoms with Crippen LogP contribution in [0.25, 0.3) is 0 Å². The lowest BCUT2D eigenvalue weighted by Crippen LogP contribution is -2.30. The molecule has 0 bridgehead atoms. The molecule has 0 aliphatic carbocycles. The van der Waals surface area contributed by atoms with Gasteiger partial charge in [0.05, 0.1) is 26.4 Å². The number of hydrogen-bond acceptors (Lipinski definition) is 15. The molecular formula is C71H134O17P2. The third-order valence-corrected chi connectivity index (χ3v) is 17.9. The molecule has 530 valence electrons. The van der Waals surface area contributed by atoms with Crippen molar-refractivity contribution in [3.8, 4) is 0 Å². The Balaban J connectivity index is 5.22. The predicted molar refractivity (Wildman–Crippen MR) is 363 cm³/mol. The summed E-state index contributed by atoms with van der Waals surface area (Å²) in [4.78, 5) is 72.4. The number of carbonyl (C=O) groups excluding carboxylic acids is 4. The lowest BCUT2D eigenvalue weighted by atomic mass is 10.0. The van der Waals surface area contributed by atoms with E-state index in [1.165, 1.54) is 154 Å². The summed E-state index contributed by atoms with van der Waals surface area (Å²) in [6, 6.07) is 0. The van der Waals surface area contributed by atoms with Crippen molar-refractivity contribution in [2.75, 3.05) is 39.6 Å². The summed E-state index contributed by atoms with van der Waals surface area (Å²) in [6.45, 7) is 4.84. The predicted octanol–water partition coefficient (Wildman–Crippen LogP) is 20.2. The fourth-order valence-electron chi connectivity index (χ4n) is 10.3. The molecule has 90 heavy (non-hydrogen) atoms. The van der Waals surface area contributed by atoms with Gasteiger partial charge in [0, 0.05) is 25.7 Å². The van der Waals surface area contributed by atoms with E-state index < -0.39 is 97.5 Å². The normalized spacial score (nSPS) is 14.2. The highest BCUT2D eigenvalue weighted by molar-refractivity contribution is 7.47. The van der Waals surface area contributed by atoms with E-state index in [-0.39, 0.29) is 25.7 Å². The van der Waals surface area contributed by atoms with E-state index >= 15 is 0 Å². The summed E-state index contributed by atoms with van der Waals surface area (Å²) in [5.74, 6) is -2.15. The van der Waals surface area contributed by atoms with Crippen molar-refractivity contribution in [3.63, 3.8) is 0 Å². The molecule has 0 radical (unpaired) electrons. The zero-order chi connectivity index (χ0) is 66.1. The Morgan fingerprint density at radius 3 is 0.811 bits per heavy atom. The van der Waals surface area contributed by atoms with Gasteiger partial charge in [0.25, 0.3) is 0 Å². The van der Waals surface area contributed by atoms with Crippen molar-refractivity contribution in [2.45, 2.75) is 367 Å². The molecule has 0 fully saturated rings. The summed E-state index contributed by atoms with van der Waals surface area (Å²) in [7, 11) is -9.90. The first-order chi connectivity index (χ1) is 43.7. The molecule has 0 aromatic rings. The van der Waals surface area contributed by atoms with Crippen molar-refractivity contribution in [3.05, 3.63) is 24.3 Å². The maximum absolute atomic E-state index is 13.0. The van der Waals surface area contributed by atoms with Crippen LogP contribution >= 0.6 is 15.6 Å². The molecule has 17 nitrogen and oxygen atoms in total. The Morgan fingerprint density at radius 1 is 0.311 bits per heavy atom. The summed E-state index contributed by atoms with van der Waals surface area (Å²) in [5.41, 5.74) is 0. The van der Waals surface area contributed by atoms with Gasteiger partial charge in [-0.15, -0.1) is 0 Å². The molecule has 0 saturated carbocycles. The van der Waals surface area contributed by atoms with Gasteiger partial charge in [-0.2, -0.15) is 0 Å². The Bertz CT molecular complexity index is 1820. The molecule has 3 N–H and O–H groups in total. The fraction of sp³-hybridized carbons (Fsp3) is 0.887. The summed E-state index contributed by atoms with van der Waals surface area (Å²) in [5, 5.41) is 10.6. The molecule has 2 unspecified atom stereocenters. The second kappa shape index (κ2) is 65.2. The SMILES string of the molecule is CCCCCC/C=C\C=C/CCCCCCCC(=O)OC[C@H](COP(=O)(O)OC[C@@H](O)COP(=O)(O)OC[C@@H](COC(=O)CCCCCCCCCC)OC(=O)CCCCCCCCCCC)OC(=O)CCCCCCCCCCCCCCCCCCCC. The van der Waals surface area contributed by atoms with Gasteiger partial charge in [0.2, 0.25) is 0 Å². The van der Waals surface area contributed by atoms with E-state index in [2.05, 4.69) is 52.0 Å². The molecule has 0 spiro atoms. The number of allylic oxidation sites excluding steroid dienone is 4. The van der Waals surface area contributed by atoms with Crippen LogP contribution in [0, 0.1) is 0 Å². The summed E-state index contributed by atoms with van der Waals surface area (Å²) >= 11 is 0.